The zero-order valence-electron chi connectivity index (χ0n) is 9.78. The van der Waals surface area contributed by atoms with Crippen LogP contribution in [0.4, 0.5) is 0 Å². The van der Waals surface area contributed by atoms with E-state index in [1.54, 1.807) is 4.90 Å². The van der Waals surface area contributed by atoms with Gasteiger partial charge in [0.25, 0.3) is 0 Å². The van der Waals surface area contributed by atoms with Gasteiger partial charge >= 0.3 is 0 Å². The molecule has 6 heteroatoms. The van der Waals surface area contributed by atoms with Crippen LogP contribution in [-0.2, 0) is 14.4 Å². The molecule has 0 unspecified atom stereocenters. The Bertz CT molecular complexity index is 321. The van der Waals surface area contributed by atoms with E-state index in [2.05, 4.69) is 5.32 Å². The van der Waals surface area contributed by atoms with Gasteiger partial charge in [0, 0.05) is 52.0 Å². The molecule has 0 aromatic carbocycles. The van der Waals surface area contributed by atoms with E-state index in [9.17, 15) is 14.4 Å². The number of rotatable bonds is 3. The highest BCUT2D eigenvalue weighted by atomic mass is 16.2. The Morgan fingerprint density at radius 3 is 2.29 bits per heavy atom. The summed E-state index contributed by atoms with van der Waals surface area (Å²) in [7, 11) is 0. The first-order chi connectivity index (χ1) is 8.18. The van der Waals surface area contributed by atoms with Crippen molar-refractivity contribution in [2.24, 2.45) is 0 Å². The van der Waals surface area contributed by atoms with Crippen molar-refractivity contribution in [2.45, 2.75) is 19.3 Å². The van der Waals surface area contributed by atoms with E-state index in [1.807, 2.05) is 0 Å². The molecule has 0 aliphatic carbocycles. The Morgan fingerprint density at radius 2 is 1.71 bits per heavy atom. The van der Waals surface area contributed by atoms with Crippen molar-refractivity contribution in [2.75, 3.05) is 32.7 Å². The van der Waals surface area contributed by atoms with Crippen LogP contribution in [0.1, 0.15) is 19.3 Å². The molecule has 94 valence electrons. The normalized spacial score (nSPS) is 21.2. The van der Waals surface area contributed by atoms with Crippen molar-refractivity contribution in [1.82, 2.24) is 15.1 Å². The first-order valence-electron chi connectivity index (χ1n) is 6.00. The largest absolute Gasteiger partial charge is 0.340 e. The maximum absolute atomic E-state index is 11.8. The molecule has 6 nitrogen and oxygen atoms in total. The van der Waals surface area contributed by atoms with Gasteiger partial charge in [-0.1, -0.05) is 0 Å². The minimum atomic E-state index is -0.150. The van der Waals surface area contributed by atoms with Crippen molar-refractivity contribution < 1.29 is 14.4 Å². The average Bonchev–Trinajstić information content (AvgIpc) is 2.67. The number of hydrogen-bond donors (Lipinski definition) is 1. The number of likely N-dealkylation sites (tertiary alicyclic amines) is 1. The second-order valence-corrected chi connectivity index (χ2v) is 4.32. The summed E-state index contributed by atoms with van der Waals surface area (Å²) in [6.45, 7) is 3.28. The van der Waals surface area contributed by atoms with Gasteiger partial charge < -0.3 is 10.2 Å². The van der Waals surface area contributed by atoms with Crippen LogP contribution in [0.25, 0.3) is 0 Å². The highest BCUT2D eigenvalue weighted by Gasteiger charge is 2.29. The third kappa shape index (κ3) is 2.82. The molecule has 0 aromatic heterocycles. The number of hydrogen-bond acceptors (Lipinski definition) is 4. The summed E-state index contributed by atoms with van der Waals surface area (Å²) in [6.07, 6.45) is 0.832. The highest BCUT2D eigenvalue weighted by molar-refractivity contribution is 6.02. The summed E-state index contributed by atoms with van der Waals surface area (Å²) >= 11 is 0. The van der Waals surface area contributed by atoms with Crippen LogP contribution in [0.3, 0.4) is 0 Å². The van der Waals surface area contributed by atoms with Gasteiger partial charge in [-0.3, -0.25) is 19.3 Å². The van der Waals surface area contributed by atoms with Gasteiger partial charge in [0.05, 0.1) is 0 Å². The summed E-state index contributed by atoms with van der Waals surface area (Å²) in [4.78, 5) is 37.5. The molecule has 2 aliphatic rings. The van der Waals surface area contributed by atoms with E-state index in [0.717, 1.165) is 13.1 Å². The fourth-order valence-corrected chi connectivity index (χ4v) is 2.15. The second kappa shape index (κ2) is 5.27. The topological polar surface area (TPSA) is 69.7 Å². The molecule has 0 spiro atoms. The van der Waals surface area contributed by atoms with Crippen LogP contribution in [0.2, 0.25) is 0 Å². The van der Waals surface area contributed by atoms with Gasteiger partial charge in [-0.15, -0.1) is 0 Å². The van der Waals surface area contributed by atoms with Crippen LogP contribution >= 0.6 is 0 Å². The van der Waals surface area contributed by atoms with Crippen LogP contribution < -0.4 is 5.32 Å². The quantitative estimate of drug-likeness (QED) is 0.639. The molecular weight excluding hydrogens is 222 g/mol. The number of amides is 3. The third-order valence-corrected chi connectivity index (χ3v) is 3.17. The predicted octanol–water partition coefficient (Wildman–Crippen LogP) is -1.04. The van der Waals surface area contributed by atoms with E-state index < -0.39 is 0 Å². The third-order valence-electron chi connectivity index (χ3n) is 3.17. The summed E-state index contributed by atoms with van der Waals surface area (Å²) in [5.41, 5.74) is 0. The predicted molar refractivity (Wildman–Crippen MR) is 60.0 cm³/mol. The lowest BCUT2D eigenvalue weighted by atomic mass is 10.3. The molecule has 0 bridgehead atoms. The Kier molecular flexibility index (Phi) is 3.73. The minimum absolute atomic E-state index is 0.0269. The summed E-state index contributed by atoms with van der Waals surface area (Å²) in [5.74, 6) is -0.273. The monoisotopic (exact) mass is 239 g/mol. The van der Waals surface area contributed by atoms with Crippen molar-refractivity contribution in [3.63, 3.8) is 0 Å². The Hall–Kier alpha value is -1.43. The van der Waals surface area contributed by atoms with E-state index in [4.69, 9.17) is 0 Å². The maximum atomic E-state index is 11.8. The second-order valence-electron chi connectivity index (χ2n) is 4.32. The highest BCUT2D eigenvalue weighted by Crippen LogP contribution is 2.12. The van der Waals surface area contributed by atoms with Gasteiger partial charge in [-0.25, -0.2) is 0 Å². The SMILES string of the molecule is O=C(CCN1C(=O)CCC1=O)N1CCNCC1. The van der Waals surface area contributed by atoms with Crippen LogP contribution in [0, 0.1) is 0 Å². The molecule has 0 atom stereocenters. The first-order valence-corrected chi connectivity index (χ1v) is 6.00. The zero-order valence-corrected chi connectivity index (χ0v) is 9.78. The van der Waals surface area contributed by atoms with E-state index in [-0.39, 0.29) is 30.7 Å². The maximum Gasteiger partial charge on any atom is 0.229 e. The molecule has 2 aliphatic heterocycles. The standard InChI is InChI=1S/C11H17N3O3/c15-9(13-7-4-12-5-8-13)3-6-14-10(16)1-2-11(14)17/h12H,1-8H2. The summed E-state index contributed by atoms with van der Waals surface area (Å²) in [6, 6.07) is 0. The molecular formula is C11H17N3O3. The molecule has 2 fully saturated rings. The van der Waals surface area contributed by atoms with Crippen molar-refractivity contribution >= 4 is 17.7 Å². The molecule has 0 aromatic rings. The number of carbonyl (C=O) groups is 3. The molecule has 2 rings (SSSR count). The number of nitrogens with one attached hydrogen (secondary N) is 1. The Balaban J connectivity index is 1.79. The van der Waals surface area contributed by atoms with Gasteiger partial charge in [0.1, 0.15) is 0 Å². The number of piperazine rings is 1. The lowest BCUT2D eigenvalue weighted by Crippen LogP contribution is -2.47. The van der Waals surface area contributed by atoms with Crippen LogP contribution in [-0.4, -0.2) is 60.2 Å². The molecule has 2 heterocycles. The number of carbonyl (C=O) groups excluding carboxylic acids is 3. The fraction of sp³-hybridized carbons (Fsp3) is 0.727. The van der Waals surface area contributed by atoms with Gasteiger partial charge in [0.2, 0.25) is 17.7 Å². The van der Waals surface area contributed by atoms with E-state index >= 15 is 0 Å². The minimum Gasteiger partial charge on any atom is -0.340 e. The van der Waals surface area contributed by atoms with E-state index in [1.165, 1.54) is 4.90 Å². The van der Waals surface area contributed by atoms with E-state index in [0.29, 0.717) is 25.9 Å². The van der Waals surface area contributed by atoms with Crippen molar-refractivity contribution in [3.8, 4) is 0 Å². The zero-order chi connectivity index (χ0) is 12.3. The van der Waals surface area contributed by atoms with Crippen molar-refractivity contribution in [3.05, 3.63) is 0 Å². The molecule has 0 radical (unpaired) electrons. The van der Waals surface area contributed by atoms with Gasteiger partial charge in [-0.2, -0.15) is 0 Å². The summed E-state index contributed by atoms with van der Waals surface area (Å²) in [5, 5.41) is 3.17. The van der Waals surface area contributed by atoms with Crippen molar-refractivity contribution in [1.29, 1.82) is 0 Å². The molecule has 3 amide bonds. The summed E-state index contributed by atoms with van der Waals surface area (Å²) < 4.78 is 0. The number of nitrogens with zero attached hydrogens (tertiary/aromatic N) is 2. The molecule has 0 saturated carbocycles. The van der Waals surface area contributed by atoms with Gasteiger partial charge in [0.15, 0.2) is 0 Å². The van der Waals surface area contributed by atoms with Crippen LogP contribution in [0.15, 0.2) is 0 Å². The lowest BCUT2D eigenvalue weighted by Gasteiger charge is -2.28. The Morgan fingerprint density at radius 1 is 1.12 bits per heavy atom. The lowest BCUT2D eigenvalue weighted by molar-refractivity contribution is -0.139. The smallest absolute Gasteiger partial charge is 0.229 e. The average molecular weight is 239 g/mol. The fourth-order valence-electron chi connectivity index (χ4n) is 2.15. The number of imide groups is 1. The molecule has 2 saturated heterocycles. The molecule has 17 heavy (non-hydrogen) atoms. The molecule has 1 N–H and O–H groups in total. The first kappa shape index (κ1) is 12.0. The Labute approximate surface area is 99.9 Å². The van der Waals surface area contributed by atoms with Crippen LogP contribution in [0.5, 0.6) is 0 Å². The van der Waals surface area contributed by atoms with Gasteiger partial charge in [-0.05, 0) is 0 Å².